The summed E-state index contributed by atoms with van der Waals surface area (Å²) in [6.45, 7) is 1.90. The van der Waals surface area contributed by atoms with Gasteiger partial charge in [0.15, 0.2) is 0 Å². The average molecular weight is 413 g/mol. The van der Waals surface area contributed by atoms with Crippen molar-refractivity contribution < 1.29 is 22.7 Å². The predicted molar refractivity (Wildman–Crippen MR) is 99.9 cm³/mol. The van der Waals surface area contributed by atoms with E-state index in [4.69, 9.17) is 11.6 Å². The number of carbonyl (C=O) groups excluding carboxylic acids is 1. The maximum Gasteiger partial charge on any atom is 0.255 e. The van der Waals surface area contributed by atoms with E-state index in [9.17, 15) is 22.7 Å². The average Bonchev–Trinajstić information content (AvgIpc) is 3.05. The summed E-state index contributed by atoms with van der Waals surface area (Å²) in [5, 5.41) is 12.1. The molecule has 1 saturated heterocycles. The van der Waals surface area contributed by atoms with Gasteiger partial charge in [0, 0.05) is 24.3 Å². The molecule has 0 saturated carbocycles. The Morgan fingerprint density at radius 2 is 2.04 bits per heavy atom. The van der Waals surface area contributed by atoms with E-state index >= 15 is 0 Å². The van der Waals surface area contributed by atoms with Crippen molar-refractivity contribution in [1.29, 1.82) is 0 Å². The summed E-state index contributed by atoms with van der Waals surface area (Å²) in [6.07, 6.45) is -0.307. The SMILES string of the molecule is Cc1ccc(C(=O)Nc2ccc(F)c(Cl)c2)cc1S(=O)(=O)N1CCC(O)C1. The van der Waals surface area contributed by atoms with E-state index in [0.717, 1.165) is 6.07 Å². The van der Waals surface area contributed by atoms with Crippen LogP contribution in [0.4, 0.5) is 10.1 Å². The summed E-state index contributed by atoms with van der Waals surface area (Å²) >= 11 is 5.70. The molecule has 0 aromatic heterocycles. The fourth-order valence-electron chi connectivity index (χ4n) is 2.86. The van der Waals surface area contributed by atoms with Crippen LogP contribution in [-0.4, -0.2) is 42.9 Å². The van der Waals surface area contributed by atoms with Gasteiger partial charge in [0.25, 0.3) is 5.91 Å². The van der Waals surface area contributed by atoms with Gasteiger partial charge in [0.1, 0.15) is 5.82 Å². The predicted octanol–water partition coefficient (Wildman–Crippen LogP) is 2.80. The highest BCUT2D eigenvalue weighted by Gasteiger charge is 2.32. The lowest BCUT2D eigenvalue weighted by Crippen LogP contribution is -2.30. The number of aryl methyl sites for hydroxylation is 1. The Morgan fingerprint density at radius 1 is 1.30 bits per heavy atom. The first-order valence-corrected chi connectivity index (χ1v) is 10.1. The van der Waals surface area contributed by atoms with Gasteiger partial charge in [-0.25, -0.2) is 12.8 Å². The summed E-state index contributed by atoms with van der Waals surface area (Å²) in [6, 6.07) is 8.11. The standard InChI is InChI=1S/C18H18ClFN2O4S/c1-11-2-3-12(18(24)21-13-4-5-16(20)15(19)9-13)8-17(11)27(25,26)22-7-6-14(23)10-22/h2-5,8-9,14,23H,6-7,10H2,1H3,(H,21,24). The van der Waals surface area contributed by atoms with Crippen LogP contribution >= 0.6 is 11.6 Å². The molecule has 6 nitrogen and oxygen atoms in total. The molecule has 0 bridgehead atoms. The lowest BCUT2D eigenvalue weighted by molar-refractivity contribution is 0.102. The van der Waals surface area contributed by atoms with Crippen LogP contribution in [-0.2, 0) is 10.0 Å². The molecule has 1 aliphatic rings. The van der Waals surface area contributed by atoms with Crippen LogP contribution < -0.4 is 5.32 Å². The zero-order valence-electron chi connectivity index (χ0n) is 14.4. The van der Waals surface area contributed by atoms with E-state index in [1.54, 1.807) is 13.0 Å². The highest BCUT2D eigenvalue weighted by molar-refractivity contribution is 7.89. The molecule has 2 N–H and O–H groups in total. The summed E-state index contributed by atoms with van der Waals surface area (Å²) in [7, 11) is -3.82. The van der Waals surface area contributed by atoms with E-state index < -0.39 is 27.9 Å². The molecule has 0 spiro atoms. The Hall–Kier alpha value is -2.00. The van der Waals surface area contributed by atoms with Crippen LogP contribution in [0.1, 0.15) is 22.3 Å². The molecule has 1 heterocycles. The lowest BCUT2D eigenvalue weighted by atomic mass is 10.1. The van der Waals surface area contributed by atoms with Crippen LogP contribution in [0.25, 0.3) is 0 Å². The van der Waals surface area contributed by atoms with Crippen molar-refractivity contribution in [3.05, 3.63) is 58.4 Å². The first kappa shape index (κ1) is 19.8. The lowest BCUT2D eigenvalue weighted by Gasteiger charge is -2.18. The Morgan fingerprint density at radius 3 is 2.67 bits per heavy atom. The topological polar surface area (TPSA) is 86.7 Å². The number of aliphatic hydroxyl groups excluding tert-OH is 1. The van der Waals surface area contributed by atoms with Crippen molar-refractivity contribution in [2.75, 3.05) is 18.4 Å². The molecule has 144 valence electrons. The zero-order valence-corrected chi connectivity index (χ0v) is 16.0. The van der Waals surface area contributed by atoms with Gasteiger partial charge in [-0.15, -0.1) is 0 Å². The number of sulfonamides is 1. The maximum atomic E-state index is 13.2. The van der Waals surface area contributed by atoms with Gasteiger partial charge in [-0.1, -0.05) is 17.7 Å². The van der Waals surface area contributed by atoms with Gasteiger partial charge in [0.05, 0.1) is 16.0 Å². The summed E-state index contributed by atoms with van der Waals surface area (Å²) in [4.78, 5) is 12.5. The van der Waals surface area contributed by atoms with Gasteiger partial charge in [0.2, 0.25) is 10.0 Å². The second-order valence-electron chi connectivity index (χ2n) is 6.37. The van der Waals surface area contributed by atoms with Gasteiger partial charge in [-0.05, 0) is 49.2 Å². The van der Waals surface area contributed by atoms with Crippen LogP contribution in [0.15, 0.2) is 41.3 Å². The van der Waals surface area contributed by atoms with E-state index in [1.807, 2.05) is 0 Å². The number of β-amino-alcohol motifs (C(OH)–C–C–N with tert-alkyl or cyclic N) is 1. The van der Waals surface area contributed by atoms with E-state index in [1.165, 1.54) is 28.6 Å². The van der Waals surface area contributed by atoms with E-state index in [2.05, 4.69) is 5.32 Å². The number of hydrogen-bond acceptors (Lipinski definition) is 4. The first-order chi connectivity index (χ1) is 12.7. The number of benzene rings is 2. The molecular formula is C18H18ClFN2O4S. The fourth-order valence-corrected chi connectivity index (χ4v) is 4.79. The quantitative estimate of drug-likeness (QED) is 0.808. The Balaban J connectivity index is 1.88. The summed E-state index contributed by atoms with van der Waals surface area (Å²) in [5.41, 5.74) is 0.927. The minimum atomic E-state index is -3.82. The van der Waals surface area contributed by atoms with Crippen LogP contribution in [0.3, 0.4) is 0 Å². The van der Waals surface area contributed by atoms with Crippen LogP contribution in [0.2, 0.25) is 5.02 Å². The molecule has 0 radical (unpaired) electrons. The molecule has 9 heteroatoms. The Labute approximate surface area is 161 Å². The van der Waals surface area contributed by atoms with Crippen molar-refractivity contribution in [2.24, 2.45) is 0 Å². The molecule has 1 atom stereocenters. The van der Waals surface area contributed by atoms with E-state index in [-0.39, 0.29) is 28.6 Å². The number of nitrogens with zero attached hydrogens (tertiary/aromatic N) is 1. The summed E-state index contributed by atoms with van der Waals surface area (Å²) in [5.74, 6) is -1.15. The van der Waals surface area contributed by atoms with Crippen LogP contribution in [0, 0.1) is 12.7 Å². The minimum absolute atomic E-state index is 0.0152. The molecule has 2 aromatic carbocycles. The first-order valence-electron chi connectivity index (χ1n) is 8.24. The summed E-state index contributed by atoms with van der Waals surface area (Å²) < 4.78 is 40.1. The number of hydrogen-bond donors (Lipinski definition) is 2. The van der Waals surface area contributed by atoms with Crippen molar-refractivity contribution in [3.8, 4) is 0 Å². The van der Waals surface area contributed by atoms with Gasteiger partial charge in [-0.3, -0.25) is 4.79 Å². The number of rotatable bonds is 4. The van der Waals surface area contributed by atoms with Crippen molar-refractivity contribution >= 4 is 33.2 Å². The minimum Gasteiger partial charge on any atom is -0.392 e. The molecule has 0 aliphatic carbocycles. The highest BCUT2D eigenvalue weighted by atomic mass is 35.5. The molecule has 1 unspecified atom stereocenters. The second kappa shape index (κ2) is 7.55. The van der Waals surface area contributed by atoms with Gasteiger partial charge >= 0.3 is 0 Å². The smallest absolute Gasteiger partial charge is 0.255 e. The number of anilines is 1. The number of carbonyl (C=O) groups is 1. The van der Waals surface area contributed by atoms with Gasteiger partial charge < -0.3 is 10.4 Å². The molecule has 2 aromatic rings. The van der Waals surface area contributed by atoms with Crippen molar-refractivity contribution in [2.45, 2.75) is 24.3 Å². The second-order valence-corrected chi connectivity index (χ2v) is 8.68. The molecular weight excluding hydrogens is 395 g/mol. The third-order valence-electron chi connectivity index (χ3n) is 4.37. The monoisotopic (exact) mass is 412 g/mol. The maximum absolute atomic E-state index is 13.2. The zero-order chi connectivity index (χ0) is 19.8. The van der Waals surface area contributed by atoms with Crippen molar-refractivity contribution in [1.82, 2.24) is 4.31 Å². The highest BCUT2D eigenvalue weighted by Crippen LogP contribution is 2.26. The van der Waals surface area contributed by atoms with Crippen molar-refractivity contribution in [3.63, 3.8) is 0 Å². The third-order valence-corrected chi connectivity index (χ3v) is 6.67. The third kappa shape index (κ3) is 4.14. The Bertz CT molecular complexity index is 997. The fraction of sp³-hybridized carbons (Fsp3) is 0.278. The number of amides is 1. The van der Waals surface area contributed by atoms with Gasteiger partial charge in [-0.2, -0.15) is 4.31 Å². The number of halogens is 2. The molecule has 1 fully saturated rings. The molecule has 3 rings (SSSR count). The Kier molecular flexibility index (Phi) is 5.53. The molecule has 1 aliphatic heterocycles. The number of aliphatic hydroxyl groups is 1. The number of nitrogens with one attached hydrogen (secondary N) is 1. The normalized spacial score (nSPS) is 17.9. The molecule has 1 amide bonds. The van der Waals surface area contributed by atoms with E-state index in [0.29, 0.717) is 17.7 Å². The largest absolute Gasteiger partial charge is 0.392 e. The van der Waals surface area contributed by atoms with Crippen LogP contribution in [0.5, 0.6) is 0 Å². The molecule has 27 heavy (non-hydrogen) atoms.